The lowest BCUT2D eigenvalue weighted by Gasteiger charge is -2.18. The molecule has 2 aromatic heterocycles. The molecule has 7 aromatic rings. The van der Waals surface area contributed by atoms with Crippen LogP contribution in [0.3, 0.4) is 0 Å². The highest BCUT2D eigenvalue weighted by molar-refractivity contribution is 9.10. The van der Waals surface area contributed by atoms with Gasteiger partial charge in [-0.1, -0.05) is 101 Å². The second-order valence-electron chi connectivity index (χ2n) is 13.2. The van der Waals surface area contributed by atoms with Gasteiger partial charge >= 0.3 is 13.2 Å². The van der Waals surface area contributed by atoms with Crippen LogP contribution in [0.4, 0.5) is 10.5 Å². The van der Waals surface area contributed by atoms with Crippen molar-refractivity contribution >= 4 is 112 Å². The SMILES string of the molecule is CCCCOC(=O)n1c(B(O)O)cc2cc(Br)ccc21.CCN1/C(=C/C(C)=C/c2sc3cc4ccccc4cc3[n+]2CC)Sc2cc3ccccc3cc21.[Br-]. The summed E-state index contributed by atoms with van der Waals surface area (Å²) in [7, 11) is -1.74. The van der Waals surface area contributed by atoms with Gasteiger partial charge in [0.2, 0.25) is 5.52 Å². The Morgan fingerprint density at radius 1 is 0.891 bits per heavy atom. The third-order valence-corrected chi connectivity index (χ3v) is 12.2. The van der Waals surface area contributed by atoms with Crippen LogP contribution in [-0.2, 0) is 11.3 Å². The van der Waals surface area contributed by atoms with Crippen LogP contribution in [0.1, 0.15) is 45.5 Å². The molecule has 0 unspecified atom stereocenters. The summed E-state index contributed by atoms with van der Waals surface area (Å²) in [5.41, 5.74) is 4.60. The Bertz CT molecular complexity index is 2580. The zero-order valence-corrected chi connectivity index (χ0v) is 35.9. The van der Waals surface area contributed by atoms with Crippen molar-refractivity contribution in [1.29, 1.82) is 0 Å². The number of hydrogen-bond donors (Lipinski definition) is 2. The predicted octanol–water partition coefficient (Wildman–Crippen LogP) is 7.26. The first-order valence-corrected chi connectivity index (χ1v) is 20.7. The van der Waals surface area contributed by atoms with Gasteiger partial charge in [0.15, 0.2) is 0 Å². The van der Waals surface area contributed by atoms with Gasteiger partial charge in [-0.15, -0.1) is 0 Å². The second-order valence-corrected chi connectivity index (χ2v) is 16.2. The summed E-state index contributed by atoms with van der Waals surface area (Å²) in [6.07, 6.45) is 5.79. The number of nitrogens with zero attached hydrogens (tertiary/aromatic N) is 3. The van der Waals surface area contributed by atoms with Crippen LogP contribution >= 0.6 is 39.0 Å². The molecule has 2 N–H and O–H groups in total. The highest BCUT2D eigenvalue weighted by Crippen LogP contribution is 2.48. The number of thioether (sulfide) groups is 1. The Morgan fingerprint density at radius 3 is 2.22 bits per heavy atom. The lowest BCUT2D eigenvalue weighted by atomic mass is 9.86. The van der Waals surface area contributed by atoms with Gasteiger partial charge in [0.25, 0.3) is 5.01 Å². The molecule has 55 heavy (non-hydrogen) atoms. The average Bonchev–Trinajstić information content (AvgIpc) is 3.82. The van der Waals surface area contributed by atoms with Crippen molar-refractivity contribution in [2.45, 2.75) is 52.0 Å². The van der Waals surface area contributed by atoms with Crippen LogP contribution in [0, 0.1) is 0 Å². The summed E-state index contributed by atoms with van der Waals surface area (Å²) in [4.78, 5) is 15.9. The summed E-state index contributed by atoms with van der Waals surface area (Å²) in [6.45, 7) is 10.9. The Morgan fingerprint density at radius 2 is 1.56 bits per heavy atom. The summed E-state index contributed by atoms with van der Waals surface area (Å²) < 4.78 is 11.0. The first kappa shape index (κ1) is 40.7. The molecule has 0 aliphatic carbocycles. The fourth-order valence-corrected chi connectivity index (χ4v) is 9.75. The maximum Gasteiger partial charge on any atom is 0.506 e. The van der Waals surface area contributed by atoms with E-state index in [1.165, 1.54) is 62.5 Å². The monoisotopic (exact) mass is 897 g/mol. The number of anilines is 1. The molecule has 8 rings (SSSR count). The van der Waals surface area contributed by atoms with E-state index in [1.54, 1.807) is 24.3 Å². The Balaban J connectivity index is 0.000000211. The minimum Gasteiger partial charge on any atom is -1.00 e. The summed E-state index contributed by atoms with van der Waals surface area (Å²) in [5, 5.41) is 27.4. The fraction of sp³-hybridized carbons (Fsp3) is 0.209. The Hall–Kier alpha value is -3.91. The van der Waals surface area contributed by atoms with E-state index in [-0.39, 0.29) is 22.6 Å². The average molecular weight is 900 g/mol. The second kappa shape index (κ2) is 17.9. The minimum absolute atomic E-state index is 0. The number of fused-ring (bicyclic) bond motifs is 5. The maximum absolute atomic E-state index is 12.1. The van der Waals surface area contributed by atoms with Crippen molar-refractivity contribution in [3.05, 3.63) is 123 Å². The lowest BCUT2D eigenvalue weighted by Crippen LogP contribution is -3.00. The van der Waals surface area contributed by atoms with Crippen molar-refractivity contribution in [3.8, 4) is 0 Å². The van der Waals surface area contributed by atoms with E-state index >= 15 is 0 Å². The molecular weight excluding hydrogens is 857 g/mol. The maximum atomic E-state index is 12.1. The number of carbonyl (C=O) groups excluding carboxylic acids is 1. The van der Waals surface area contributed by atoms with Crippen LogP contribution in [0.25, 0.3) is 48.7 Å². The normalized spacial score (nSPS) is 13.3. The van der Waals surface area contributed by atoms with E-state index in [4.69, 9.17) is 4.74 Å². The number of carbonyl (C=O) groups is 1. The van der Waals surface area contributed by atoms with Crippen LogP contribution in [-0.4, -0.2) is 41.0 Å². The number of rotatable bonds is 8. The quantitative estimate of drug-likeness (QED) is 0.0951. The molecule has 3 heterocycles. The molecular formula is C43H42BBr2N3O4S2. The largest absolute Gasteiger partial charge is 1.00 e. The molecule has 1 aliphatic rings. The van der Waals surface area contributed by atoms with E-state index in [9.17, 15) is 14.8 Å². The van der Waals surface area contributed by atoms with E-state index in [0.29, 0.717) is 12.1 Å². The topological polar surface area (TPSA) is 78.8 Å². The van der Waals surface area contributed by atoms with E-state index in [2.05, 4.69) is 131 Å². The fourth-order valence-electron chi connectivity index (χ4n) is 6.84. The van der Waals surface area contributed by atoms with Crippen molar-refractivity contribution in [2.24, 2.45) is 0 Å². The summed E-state index contributed by atoms with van der Waals surface area (Å²) in [6, 6.07) is 33.5. The van der Waals surface area contributed by atoms with Crippen LogP contribution in [0.2, 0.25) is 0 Å². The Kier molecular flexibility index (Phi) is 13.3. The molecule has 0 spiro atoms. The van der Waals surface area contributed by atoms with Gasteiger partial charge in [0.05, 0.1) is 28.4 Å². The van der Waals surface area contributed by atoms with Crippen molar-refractivity contribution < 1.29 is 41.1 Å². The molecule has 0 saturated heterocycles. The van der Waals surface area contributed by atoms with E-state index in [0.717, 1.165) is 35.8 Å². The van der Waals surface area contributed by atoms with Gasteiger partial charge < -0.3 is 36.7 Å². The van der Waals surface area contributed by atoms with Gasteiger partial charge in [-0.25, -0.2) is 4.79 Å². The predicted molar refractivity (Wildman–Crippen MR) is 231 cm³/mol. The van der Waals surface area contributed by atoms with Crippen LogP contribution < -0.4 is 32.0 Å². The molecule has 7 nitrogen and oxygen atoms in total. The van der Waals surface area contributed by atoms with Gasteiger partial charge in [0.1, 0.15) is 11.2 Å². The number of hydrogen-bond acceptors (Lipinski definition) is 7. The summed E-state index contributed by atoms with van der Waals surface area (Å²) in [5.74, 6) is 0. The number of allylic oxidation sites excluding steroid dienone is 2. The van der Waals surface area contributed by atoms with E-state index < -0.39 is 13.2 Å². The molecule has 0 radical (unpaired) electrons. The number of ether oxygens (including phenoxy) is 1. The molecule has 282 valence electrons. The van der Waals surface area contributed by atoms with Gasteiger partial charge in [0, 0.05) is 33.4 Å². The van der Waals surface area contributed by atoms with Gasteiger partial charge in [-0.05, 0) is 103 Å². The number of benzene rings is 5. The number of thiazole rings is 1. The molecule has 0 bridgehead atoms. The number of aryl methyl sites for hydroxylation is 1. The third kappa shape index (κ3) is 8.60. The highest BCUT2D eigenvalue weighted by atomic mass is 79.9. The van der Waals surface area contributed by atoms with Crippen molar-refractivity contribution in [3.63, 3.8) is 0 Å². The molecule has 5 aromatic carbocycles. The van der Waals surface area contributed by atoms with Crippen molar-refractivity contribution in [2.75, 3.05) is 18.1 Å². The number of unbranched alkanes of at least 4 members (excludes halogenated alkanes) is 1. The van der Waals surface area contributed by atoms with Crippen LogP contribution in [0.5, 0.6) is 0 Å². The van der Waals surface area contributed by atoms with Gasteiger partial charge in [-0.2, -0.15) is 4.57 Å². The summed E-state index contributed by atoms with van der Waals surface area (Å²) >= 11 is 7.11. The minimum atomic E-state index is -1.74. The number of aromatic nitrogens is 2. The first-order chi connectivity index (χ1) is 26.2. The Labute approximate surface area is 349 Å². The molecule has 1 aliphatic heterocycles. The molecule has 0 atom stereocenters. The van der Waals surface area contributed by atoms with Gasteiger partial charge in [-0.3, -0.25) is 4.57 Å². The first-order valence-electron chi connectivity index (χ1n) is 18.3. The van der Waals surface area contributed by atoms with Crippen LogP contribution in [0.15, 0.2) is 123 Å². The zero-order valence-electron chi connectivity index (χ0n) is 31.1. The highest BCUT2D eigenvalue weighted by Gasteiger charge is 2.26. The molecule has 0 saturated carbocycles. The van der Waals surface area contributed by atoms with E-state index in [1.807, 2.05) is 30.0 Å². The molecule has 12 heteroatoms. The standard InChI is InChI=1S/C30H27N2S2.C13H15BBrNO4.BrH/c1-4-31-25-16-21-10-6-8-12-23(21)18-27(25)33-29(31)14-20(3)15-30-32(5-2)26-17-22-11-7-9-13-24(22)19-28(26)34-30;1-2-3-6-20-13(17)16-11-5-4-10(15)7-9(11)8-12(16)14(18)19;/h6-19H,4-5H2,1-3H3;4-5,7-8,18-19H,2-3,6H2,1H3;1H/q+1;;/p-1. The molecule has 0 amide bonds. The number of halogens is 2. The molecule has 0 fully saturated rings. The lowest BCUT2D eigenvalue weighted by molar-refractivity contribution is -0.665. The smallest absolute Gasteiger partial charge is 0.506 e. The van der Waals surface area contributed by atoms with Crippen molar-refractivity contribution in [1.82, 2.24) is 4.57 Å². The third-order valence-electron chi connectivity index (χ3n) is 9.49. The zero-order chi connectivity index (χ0) is 37.9.